The molecule has 7 nitrogen and oxygen atoms in total. The summed E-state index contributed by atoms with van der Waals surface area (Å²) < 4.78 is 14.3. The van der Waals surface area contributed by atoms with Crippen LogP contribution in [0.15, 0.2) is 36.5 Å². The molecule has 0 spiro atoms. The Kier molecular flexibility index (Phi) is 7.82. The molecular formula is C15H20O7. The molecule has 0 saturated carbocycles. The van der Waals surface area contributed by atoms with Crippen molar-refractivity contribution in [2.75, 3.05) is 6.61 Å². The van der Waals surface area contributed by atoms with E-state index in [1.807, 2.05) is 0 Å². The quantitative estimate of drug-likeness (QED) is 0.406. The minimum Gasteiger partial charge on any atom is -0.459 e. The normalized spacial score (nSPS) is 11.3. The average Bonchev–Trinajstić information content (AvgIpc) is 2.42. The second-order valence-corrected chi connectivity index (χ2v) is 4.69. The number of aliphatic hydroxyl groups excluding tert-OH is 1. The fourth-order valence-electron chi connectivity index (χ4n) is 0.956. The molecule has 0 aromatic rings. The summed E-state index contributed by atoms with van der Waals surface area (Å²) in [6.07, 6.45) is -3.23. The molecule has 0 aliphatic carbocycles. The van der Waals surface area contributed by atoms with E-state index < -0.39 is 36.9 Å². The van der Waals surface area contributed by atoms with Gasteiger partial charge in [0.25, 0.3) is 6.29 Å². The Hall–Kier alpha value is -2.41. The lowest BCUT2D eigenvalue weighted by atomic mass is 10.3. The fourth-order valence-corrected chi connectivity index (χ4v) is 0.956. The smallest absolute Gasteiger partial charge is 0.336 e. The van der Waals surface area contributed by atoms with Crippen LogP contribution in [0.5, 0.6) is 0 Å². The van der Waals surface area contributed by atoms with Gasteiger partial charge < -0.3 is 19.3 Å². The van der Waals surface area contributed by atoms with E-state index in [1.165, 1.54) is 20.8 Å². The second kappa shape index (κ2) is 8.78. The van der Waals surface area contributed by atoms with Gasteiger partial charge in [-0.1, -0.05) is 19.7 Å². The first-order valence-electron chi connectivity index (χ1n) is 6.30. The third-order valence-electron chi connectivity index (χ3n) is 2.19. The molecule has 0 fully saturated rings. The molecule has 0 aliphatic heterocycles. The molecule has 1 atom stereocenters. The van der Waals surface area contributed by atoms with Crippen LogP contribution in [-0.4, -0.2) is 42.0 Å². The molecule has 0 rings (SSSR count). The lowest BCUT2D eigenvalue weighted by Crippen LogP contribution is -2.39. The summed E-state index contributed by atoms with van der Waals surface area (Å²) in [6, 6.07) is 0. The number of hydrogen-bond donors (Lipinski definition) is 1. The lowest BCUT2D eigenvalue weighted by molar-refractivity contribution is -0.206. The molecule has 122 valence electrons. The molecule has 1 unspecified atom stereocenters. The summed E-state index contributed by atoms with van der Waals surface area (Å²) in [4.78, 5) is 34.2. The molecule has 0 amide bonds. The predicted molar refractivity (Wildman–Crippen MR) is 77.4 cm³/mol. The van der Waals surface area contributed by atoms with Gasteiger partial charge in [0.1, 0.15) is 6.61 Å². The van der Waals surface area contributed by atoms with E-state index in [-0.39, 0.29) is 16.7 Å². The van der Waals surface area contributed by atoms with Gasteiger partial charge in [0.15, 0.2) is 6.10 Å². The van der Waals surface area contributed by atoms with Crippen LogP contribution in [0.4, 0.5) is 0 Å². The molecule has 0 aliphatic rings. The molecule has 22 heavy (non-hydrogen) atoms. The van der Waals surface area contributed by atoms with Crippen molar-refractivity contribution in [3.8, 4) is 0 Å². The van der Waals surface area contributed by atoms with E-state index in [1.54, 1.807) is 0 Å². The van der Waals surface area contributed by atoms with Gasteiger partial charge in [-0.25, -0.2) is 14.4 Å². The van der Waals surface area contributed by atoms with E-state index in [0.717, 1.165) is 0 Å². The summed E-state index contributed by atoms with van der Waals surface area (Å²) in [5, 5.41) is 9.88. The third-order valence-corrected chi connectivity index (χ3v) is 2.19. The maximum Gasteiger partial charge on any atom is 0.336 e. The largest absolute Gasteiger partial charge is 0.459 e. The number of ether oxygens (including phenoxy) is 3. The van der Waals surface area contributed by atoms with Crippen LogP contribution >= 0.6 is 0 Å². The van der Waals surface area contributed by atoms with Gasteiger partial charge in [-0.05, 0) is 20.8 Å². The Morgan fingerprint density at radius 1 is 0.864 bits per heavy atom. The maximum absolute atomic E-state index is 11.5. The average molecular weight is 312 g/mol. The zero-order valence-corrected chi connectivity index (χ0v) is 12.9. The van der Waals surface area contributed by atoms with Crippen LogP contribution in [0.3, 0.4) is 0 Å². The number of carbonyl (C=O) groups excluding carboxylic acids is 3. The predicted octanol–water partition coefficient (Wildman–Crippen LogP) is 1.03. The van der Waals surface area contributed by atoms with Crippen LogP contribution in [0, 0.1) is 0 Å². The van der Waals surface area contributed by atoms with Crippen LogP contribution < -0.4 is 0 Å². The summed E-state index contributed by atoms with van der Waals surface area (Å²) in [6.45, 7) is 13.7. The molecule has 0 saturated heterocycles. The van der Waals surface area contributed by atoms with E-state index >= 15 is 0 Å². The van der Waals surface area contributed by atoms with Crippen molar-refractivity contribution in [3.05, 3.63) is 36.5 Å². The highest BCUT2D eigenvalue weighted by Crippen LogP contribution is 2.09. The van der Waals surface area contributed by atoms with Gasteiger partial charge in [0, 0.05) is 16.7 Å². The summed E-state index contributed by atoms with van der Waals surface area (Å²) >= 11 is 0. The zero-order valence-electron chi connectivity index (χ0n) is 12.9. The number of hydrogen-bond acceptors (Lipinski definition) is 7. The molecule has 0 radical (unpaired) electrons. The van der Waals surface area contributed by atoms with E-state index in [4.69, 9.17) is 14.2 Å². The first-order chi connectivity index (χ1) is 10.1. The van der Waals surface area contributed by atoms with Crippen molar-refractivity contribution in [2.24, 2.45) is 0 Å². The first kappa shape index (κ1) is 19.6. The van der Waals surface area contributed by atoms with Crippen molar-refractivity contribution in [2.45, 2.75) is 33.2 Å². The summed E-state index contributed by atoms with van der Waals surface area (Å²) in [7, 11) is 0. The maximum atomic E-state index is 11.5. The number of carbonyl (C=O) groups is 3. The fraction of sp³-hybridized carbons (Fsp3) is 0.400. The molecule has 0 bridgehead atoms. The lowest BCUT2D eigenvalue weighted by Gasteiger charge is -2.23. The summed E-state index contributed by atoms with van der Waals surface area (Å²) in [5.74, 6) is -2.48. The summed E-state index contributed by atoms with van der Waals surface area (Å²) in [5.41, 5.74) is 0.214. The van der Waals surface area contributed by atoms with Crippen molar-refractivity contribution >= 4 is 17.9 Å². The highest BCUT2D eigenvalue weighted by molar-refractivity contribution is 5.89. The molecule has 0 aromatic carbocycles. The Morgan fingerprint density at radius 2 is 1.23 bits per heavy atom. The number of aliphatic hydroxyl groups is 1. The monoisotopic (exact) mass is 312 g/mol. The number of rotatable bonds is 8. The minimum absolute atomic E-state index is 0.0440. The molecule has 1 N–H and O–H groups in total. The van der Waals surface area contributed by atoms with E-state index in [9.17, 15) is 19.5 Å². The topological polar surface area (TPSA) is 99.1 Å². The zero-order chi connectivity index (χ0) is 17.4. The van der Waals surface area contributed by atoms with Gasteiger partial charge in [-0.2, -0.15) is 0 Å². The van der Waals surface area contributed by atoms with Crippen LogP contribution in [0.2, 0.25) is 0 Å². The van der Waals surface area contributed by atoms with E-state index in [0.29, 0.717) is 0 Å². The van der Waals surface area contributed by atoms with Gasteiger partial charge in [-0.3, -0.25) is 0 Å². The highest BCUT2D eigenvalue weighted by Gasteiger charge is 2.29. The van der Waals surface area contributed by atoms with Crippen molar-refractivity contribution in [3.63, 3.8) is 0 Å². The second-order valence-electron chi connectivity index (χ2n) is 4.69. The first-order valence-corrected chi connectivity index (χ1v) is 6.30. The minimum atomic E-state index is -1.66. The van der Waals surface area contributed by atoms with Crippen molar-refractivity contribution in [1.29, 1.82) is 0 Å². The van der Waals surface area contributed by atoms with Gasteiger partial charge in [-0.15, -0.1) is 0 Å². The standard InChI is InChI=1S/C15H20O7/c1-8(2)12(17)20-7-11(16)15(21-13(18)9(3)4)22-14(19)10(5)6/h11,15-16H,1,3,5,7H2,2,4,6H3. The van der Waals surface area contributed by atoms with Crippen LogP contribution in [0.1, 0.15) is 20.8 Å². The molecule has 0 heterocycles. The van der Waals surface area contributed by atoms with Crippen LogP contribution in [-0.2, 0) is 28.6 Å². The Labute approximate surface area is 128 Å². The Bertz CT molecular complexity index is 476. The SMILES string of the molecule is C=C(C)C(=O)OCC(O)C(OC(=O)C(=C)C)OC(=O)C(=C)C. The Balaban J connectivity index is 4.88. The van der Waals surface area contributed by atoms with E-state index in [2.05, 4.69) is 19.7 Å². The molecule has 0 aromatic heterocycles. The highest BCUT2D eigenvalue weighted by atomic mass is 16.7. The molecular weight excluding hydrogens is 292 g/mol. The van der Waals surface area contributed by atoms with Crippen LogP contribution in [0.25, 0.3) is 0 Å². The van der Waals surface area contributed by atoms with Crippen molar-refractivity contribution < 1.29 is 33.7 Å². The van der Waals surface area contributed by atoms with Crippen molar-refractivity contribution in [1.82, 2.24) is 0 Å². The molecule has 7 heteroatoms. The van der Waals surface area contributed by atoms with Gasteiger partial charge >= 0.3 is 17.9 Å². The van der Waals surface area contributed by atoms with Gasteiger partial charge in [0.2, 0.25) is 0 Å². The third kappa shape index (κ3) is 6.85. The van der Waals surface area contributed by atoms with Gasteiger partial charge in [0.05, 0.1) is 0 Å². The Morgan fingerprint density at radius 3 is 1.55 bits per heavy atom. The number of esters is 3.